The van der Waals surface area contributed by atoms with E-state index in [2.05, 4.69) is 5.10 Å². The van der Waals surface area contributed by atoms with Gasteiger partial charge < -0.3 is 0 Å². The first kappa shape index (κ1) is 15.9. The second-order valence-electron chi connectivity index (χ2n) is 5.53. The van der Waals surface area contributed by atoms with Gasteiger partial charge >= 0.3 is 141 Å². The number of halogens is 3. The maximum absolute atomic E-state index is 13.1. The molecule has 0 radical (unpaired) electrons. The van der Waals surface area contributed by atoms with Gasteiger partial charge in [0.25, 0.3) is 0 Å². The van der Waals surface area contributed by atoms with Crippen LogP contribution >= 0.6 is 0 Å². The average molecular weight is 308 g/mol. The van der Waals surface area contributed by atoms with Crippen LogP contribution in [-0.4, -0.2) is 27.5 Å². The van der Waals surface area contributed by atoms with Crippen molar-refractivity contribution in [3.05, 3.63) is 65.9 Å². The predicted molar refractivity (Wildman–Crippen MR) is 84.1 cm³/mol. The quantitative estimate of drug-likeness (QED) is 0.661. The van der Waals surface area contributed by atoms with Gasteiger partial charge in [-0.3, -0.25) is 0 Å². The molecular weight excluding hydrogens is 296 g/mol. The number of rotatable bonds is 2. The zero-order chi connectivity index (χ0) is 16.6. The molecule has 0 amide bonds. The van der Waals surface area contributed by atoms with E-state index in [0.29, 0.717) is 16.9 Å². The van der Waals surface area contributed by atoms with Gasteiger partial charge in [0.2, 0.25) is 0 Å². The van der Waals surface area contributed by atoms with Crippen LogP contribution in [0.25, 0.3) is 16.9 Å². The SMILES string of the molecule is [Li][c]1ccc(-n2nc(C(F)(F)F)cc2-c2ccc(C)cc2)cc1. The number of aryl methyl sites for hydroxylation is 1. The van der Waals surface area contributed by atoms with Crippen LogP contribution in [0.2, 0.25) is 0 Å². The molecule has 23 heavy (non-hydrogen) atoms. The number of aromatic nitrogens is 2. The molecule has 0 fully saturated rings. The van der Waals surface area contributed by atoms with Gasteiger partial charge in [-0.1, -0.05) is 0 Å². The molecule has 0 aliphatic heterocycles. The molecule has 0 saturated carbocycles. The van der Waals surface area contributed by atoms with Crippen LogP contribution in [0.1, 0.15) is 11.3 Å². The van der Waals surface area contributed by atoms with Gasteiger partial charge in [-0.05, 0) is 0 Å². The third kappa shape index (κ3) is 3.36. The van der Waals surface area contributed by atoms with E-state index in [9.17, 15) is 13.2 Å². The minimum atomic E-state index is -4.48. The van der Waals surface area contributed by atoms with E-state index in [1.807, 2.05) is 48.9 Å². The van der Waals surface area contributed by atoms with Crippen molar-refractivity contribution in [2.75, 3.05) is 0 Å². The molecular formula is C17H12F3LiN2. The summed E-state index contributed by atoms with van der Waals surface area (Å²) in [6, 6.07) is 15.7. The summed E-state index contributed by atoms with van der Waals surface area (Å²) in [5.41, 5.74) is 1.86. The Bertz CT molecular complexity index is 756. The summed E-state index contributed by atoms with van der Waals surface area (Å²) in [7, 11) is 0. The molecule has 1 heterocycles. The summed E-state index contributed by atoms with van der Waals surface area (Å²) >= 11 is 1.93. The standard InChI is InChI=1S/C17H12F3N2.Li/c1-12-7-9-13(10-8-12)15-11-16(17(18,19)20)21-22(15)14-5-3-2-4-6-14;/h3-11H,1H3;. The Kier molecular flexibility index (Phi) is 4.09. The van der Waals surface area contributed by atoms with E-state index in [1.54, 1.807) is 24.3 Å². The third-order valence-corrected chi connectivity index (χ3v) is 3.63. The zero-order valence-corrected chi connectivity index (χ0v) is 12.7. The Morgan fingerprint density at radius 1 is 0.957 bits per heavy atom. The molecule has 2 aromatic carbocycles. The molecule has 0 unspecified atom stereocenters. The van der Waals surface area contributed by atoms with E-state index >= 15 is 0 Å². The third-order valence-electron chi connectivity index (χ3n) is 3.63. The predicted octanol–water partition coefficient (Wildman–Crippen LogP) is 3.66. The second-order valence-corrected chi connectivity index (χ2v) is 5.53. The summed E-state index contributed by atoms with van der Waals surface area (Å²) < 4.78 is 41.6. The van der Waals surface area contributed by atoms with Gasteiger partial charge in [-0.15, -0.1) is 0 Å². The minimum absolute atomic E-state index is 0.418. The fraction of sp³-hybridized carbons (Fsp3) is 0.118. The first-order valence-electron chi connectivity index (χ1n) is 7.16. The van der Waals surface area contributed by atoms with Crippen molar-refractivity contribution in [2.24, 2.45) is 0 Å². The number of benzene rings is 2. The maximum atomic E-state index is 13.1. The summed E-state index contributed by atoms with van der Waals surface area (Å²) in [5, 5.41) is 3.77. The molecule has 0 bridgehead atoms. The molecule has 0 N–H and O–H groups in total. The van der Waals surface area contributed by atoms with Crippen LogP contribution in [0.15, 0.2) is 54.6 Å². The fourth-order valence-electron chi connectivity index (χ4n) is 2.33. The number of hydrogen-bond acceptors (Lipinski definition) is 1. The van der Waals surface area contributed by atoms with Gasteiger partial charge in [-0.2, -0.15) is 0 Å². The summed E-state index contributed by atoms with van der Waals surface area (Å²) in [5.74, 6) is 0. The van der Waals surface area contributed by atoms with Gasteiger partial charge in [-0.25, -0.2) is 0 Å². The van der Waals surface area contributed by atoms with Crippen molar-refractivity contribution in [1.29, 1.82) is 0 Å². The van der Waals surface area contributed by atoms with Gasteiger partial charge in [0.1, 0.15) is 0 Å². The van der Waals surface area contributed by atoms with Gasteiger partial charge in [0, 0.05) is 0 Å². The Morgan fingerprint density at radius 2 is 1.57 bits per heavy atom. The van der Waals surface area contributed by atoms with Gasteiger partial charge in [0.15, 0.2) is 0 Å². The van der Waals surface area contributed by atoms with Crippen LogP contribution < -0.4 is 4.24 Å². The molecule has 0 aliphatic rings. The molecule has 0 spiro atoms. The number of alkyl halides is 3. The molecule has 2 nitrogen and oxygen atoms in total. The van der Waals surface area contributed by atoms with Crippen LogP contribution in [0, 0.1) is 6.92 Å². The molecule has 0 aliphatic carbocycles. The Labute approximate surface area is 141 Å². The van der Waals surface area contributed by atoms with Crippen molar-refractivity contribution >= 4 is 22.0 Å². The molecule has 112 valence electrons. The monoisotopic (exact) mass is 308 g/mol. The summed E-state index contributed by atoms with van der Waals surface area (Å²) in [6.07, 6.45) is -4.48. The first-order valence-corrected chi connectivity index (χ1v) is 7.16. The Morgan fingerprint density at radius 3 is 2.13 bits per heavy atom. The van der Waals surface area contributed by atoms with Crippen LogP contribution in [-0.2, 0) is 6.18 Å². The van der Waals surface area contributed by atoms with E-state index in [0.717, 1.165) is 15.9 Å². The fourth-order valence-corrected chi connectivity index (χ4v) is 2.33. The number of nitrogens with zero attached hydrogens (tertiary/aromatic N) is 2. The van der Waals surface area contributed by atoms with Crippen molar-refractivity contribution in [2.45, 2.75) is 13.1 Å². The number of hydrogen-bond donors (Lipinski definition) is 0. The average Bonchev–Trinajstić information content (AvgIpc) is 2.94. The molecule has 6 heteroatoms. The van der Waals surface area contributed by atoms with Crippen molar-refractivity contribution in [1.82, 2.24) is 9.78 Å². The Balaban J connectivity index is 2.18. The van der Waals surface area contributed by atoms with E-state index in [-0.39, 0.29) is 0 Å². The molecule has 3 rings (SSSR count). The van der Waals surface area contributed by atoms with Crippen LogP contribution in [0.4, 0.5) is 13.2 Å². The van der Waals surface area contributed by atoms with Gasteiger partial charge in [0.05, 0.1) is 0 Å². The van der Waals surface area contributed by atoms with Crippen LogP contribution in [0.5, 0.6) is 0 Å². The normalized spacial score (nSPS) is 11.7. The topological polar surface area (TPSA) is 17.8 Å². The first-order chi connectivity index (χ1) is 10.8. The van der Waals surface area contributed by atoms with E-state index in [4.69, 9.17) is 0 Å². The molecule has 0 atom stereocenters. The molecule has 3 aromatic rings. The molecule has 0 saturated heterocycles. The summed E-state index contributed by atoms with van der Waals surface area (Å²) in [6.45, 7) is 1.93. The Hall–Kier alpha value is -1.96. The van der Waals surface area contributed by atoms with E-state index < -0.39 is 11.9 Å². The summed E-state index contributed by atoms with van der Waals surface area (Å²) in [4.78, 5) is 0. The molecule has 1 aromatic heterocycles. The van der Waals surface area contributed by atoms with Crippen molar-refractivity contribution in [3.8, 4) is 16.9 Å². The van der Waals surface area contributed by atoms with Crippen molar-refractivity contribution in [3.63, 3.8) is 0 Å². The van der Waals surface area contributed by atoms with Crippen molar-refractivity contribution < 1.29 is 13.2 Å². The van der Waals surface area contributed by atoms with Crippen LogP contribution in [0.3, 0.4) is 0 Å². The van der Waals surface area contributed by atoms with E-state index in [1.165, 1.54) is 4.68 Å². The zero-order valence-electron chi connectivity index (χ0n) is 12.7. The second kappa shape index (κ2) is 5.92.